The van der Waals surface area contributed by atoms with Crippen LogP contribution < -0.4 is 0 Å². The van der Waals surface area contributed by atoms with Crippen LogP contribution in [0, 0.1) is 11.8 Å². The molecule has 0 aliphatic heterocycles. The van der Waals surface area contributed by atoms with Crippen LogP contribution in [-0.4, -0.2) is 5.97 Å². The molecule has 0 aliphatic rings. The standard InChI is InChI=1S/C15H26O2/c1-7-13(8-2)9-10-14(11(3)4)17-15(16)12(5)6/h10-11,13H,5,7-9H2,1-4,6H3/b14-10-. The molecule has 0 aromatic rings. The van der Waals surface area contributed by atoms with Crippen LogP contribution in [0.3, 0.4) is 0 Å². The number of allylic oxidation sites excluding steroid dienone is 2. The third-order valence-electron chi connectivity index (χ3n) is 2.94. The van der Waals surface area contributed by atoms with Crippen molar-refractivity contribution in [3.63, 3.8) is 0 Å². The Morgan fingerprint density at radius 1 is 1.29 bits per heavy atom. The van der Waals surface area contributed by atoms with Gasteiger partial charge in [-0.05, 0) is 25.3 Å². The lowest BCUT2D eigenvalue weighted by Crippen LogP contribution is -2.09. The summed E-state index contributed by atoms with van der Waals surface area (Å²) in [4.78, 5) is 11.5. The number of rotatable bonds is 7. The van der Waals surface area contributed by atoms with E-state index in [9.17, 15) is 4.79 Å². The van der Waals surface area contributed by atoms with E-state index in [0.717, 1.165) is 25.0 Å². The van der Waals surface area contributed by atoms with Gasteiger partial charge in [-0.2, -0.15) is 0 Å². The molecule has 0 heterocycles. The second-order valence-corrected chi connectivity index (χ2v) is 4.85. The summed E-state index contributed by atoms with van der Waals surface area (Å²) in [6, 6.07) is 0. The fraction of sp³-hybridized carbons (Fsp3) is 0.667. The van der Waals surface area contributed by atoms with Gasteiger partial charge in [-0.3, -0.25) is 0 Å². The number of hydrogen-bond acceptors (Lipinski definition) is 2. The van der Waals surface area contributed by atoms with E-state index in [2.05, 4.69) is 26.5 Å². The number of hydrogen-bond donors (Lipinski definition) is 0. The first-order chi connectivity index (χ1) is 7.92. The molecule has 0 N–H and O–H groups in total. The number of carbonyl (C=O) groups is 1. The maximum Gasteiger partial charge on any atom is 0.338 e. The van der Waals surface area contributed by atoms with Gasteiger partial charge in [-0.15, -0.1) is 0 Å². The van der Waals surface area contributed by atoms with Crippen molar-refractivity contribution in [1.82, 2.24) is 0 Å². The zero-order valence-electron chi connectivity index (χ0n) is 11.9. The molecule has 0 unspecified atom stereocenters. The van der Waals surface area contributed by atoms with Crippen LogP contribution in [0.1, 0.15) is 53.9 Å². The number of carbonyl (C=O) groups excluding carboxylic acids is 1. The van der Waals surface area contributed by atoms with E-state index in [-0.39, 0.29) is 11.9 Å². The van der Waals surface area contributed by atoms with E-state index >= 15 is 0 Å². The van der Waals surface area contributed by atoms with E-state index < -0.39 is 0 Å². The zero-order chi connectivity index (χ0) is 13.4. The van der Waals surface area contributed by atoms with Gasteiger partial charge in [0.25, 0.3) is 0 Å². The monoisotopic (exact) mass is 238 g/mol. The van der Waals surface area contributed by atoms with Crippen molar-refractivity contribution in [2.45, 2.75) is 53.9 Å². The van der Waals surface area contributed by atoms with Crippen LogP contribution in [-0.2, 0) is 9.53 Å². The summed E-state index contributed by atoms with van der Waals surface area (Å²) in [6.07, 6.45) is 5.35. The van der Waals surface area contributed by atoms with Crippen molar-refractivity contribution in [3.05, 3.63) is 24.0 Å². The first-order valence-electron chi connectivity index (χ1n) is 6.50. The summed E-state index contributed by atoms with van der Waals surface area (Å²) in [5.41, 5.74) is 0.444. The quantitative estimate of drug-likeness (QED) is 0.371. The lowest BCUT2D eigenvalue weighted by molar-refractivity contribution is -0.135. The van der Waals surface area contributed by atoms with Gasteiger partial charge in [0, 0.05) is 11.5 Å². The summed E-state index contributed by atoms with van der Waals surface area (Å²) in [7, 11) is 0. The molecule has 2 heteroatoms. The smallest absolute Gasteiger partial charge is 0.338 e. The molecular formula is C15H26O2. The van der Waals surface area contributed by atoms with Gasteiger partial charge in [0.1, 0.15) is 5.76 Å². The molecule has 0 aliphatic carbocycles. The maximum atomic E-state index is 11.5. The minimum atomic E-state index is -0.325. The maximum absolute atomic E-state index is 11.5. The highest BCUT2D eigenvalue weighted by Gasteiger charge is 2.12. The Morgan fingerprint density at radius 2 is 1.82 bits per heavy atom. The molecule has 17 heavy (non-hydrogen) atoms. The largest absolute Gasteiger partial charge is 0.428 e. The van der Waals surface area contributed by atoms with Crippen LogP contribution in [0.2, 0.25) is 0 Å². The average molecular weight is 238 g/mol. The predicted molar refractivity (Wildman–Crippen MR) is 72.5 cm³/mol. The number of esters is 1. The molecule has 0 amide bonds. The Kier molecular flexibility index (Phi) is 7.60. The van der Waals surface area contributed by atoms with Crippen molar-refractivity contribution in [3.8, 4) is 0 Å². The van der Waals surface area contributed by atoms with Gasteiger partial charge in [0.2, 0.25) is 0 Å². The van der Waals surface area contributed by atoms with Gasteiger partial charge < -0.3 is 4.74 Å². The van der Waals surface area contributed by atoms with Crippen molar-refractivity contribution >= 4 is 5.97 Å². The van der Waals surface area contributed by atoms with Gasteiger partial charge in [0.15, 0.2) is 0 Å². The van der Waals surface area contributed by atoms with E-state index in [4.69, 9.17) is 4.74 Å². The Bertz CT molecular complexity index is 283. The minimum Gasteiger partial charge on any atom is -0.428 e. The van der Waals surface area contributed by atoms with E-state index in [1.54, 1.807) is 6.92 Å². The minimum absolute atomic E-state index is 0.229. The van der Waals surface area contributed by atoms with Crippen LogP contribution in [0.15, 0.2) is 24.0 Å². The molecule has 0 atom stereocenters. The summed E-state index contributed by atoms with van der Waals surface area (Å²) in [6.45, 7) is 13.7. The highest BCUT2D eigenvalue weighted by Crippen LogP contribution is 2.19. The second kappa shape index (κ2) is 8.10. The predicted octanol–water partition coefficient (Wildman–Crippen LogP) is 4.47. The molecule has 0 aromatic heterocycles. The lowest BCUT2D eigenvalue weighted by Gasteiger charge is -2.14. The molecule has 0 bridgehead atoms. The first-order valence-corrected chi connectivity index (χ1v) is 6.50. The first kappa shape index (κ1) is 16.0. The highest BCUT2D eigenvalue weighted by atomic mass is 16.5. The average Bonchev–Trinajstić information content (AvgIpc) is 2.27. The fourth-order valence-corrected chi connectivity index (χ4v) is 1.49. The molecule has 0 saturated heterocycles. The topological polar surface area (TPSA) is 26.3 Å². The summed E-state index contributed by atoms with van der Waals surface area (Å²) >= 11 is 0. The van der Waals surface area contributed by atoms with E-state index in [1.165, 1.54) is 0 Å². The van der Waals surface area contributed by atoms with Gasteiger partial charge in [-0.25, -0.2) is 4.79 Å². The Morgan fingerprint density at radius 3 is 2.18 bits per heavy atom. The second-order valence-electron chi connectivity index (χ2n) is 4.85. The summed E-state index contributed by atoms with van der Waals surface area (Å²) in [5, 5.41) is 0. The summed E-state index contributed by atoms with van der Waals surface area (Å²) < 4.78 is 5.34. The van der Waals surface area contributed by atoms with E-state index in [0.29, 0.717) is 11.5 Å². The van der Waals surface area contributed by atoms with Crippen LogP contribution in [0.5, 0.6) is 0 Å². The normalized spacial score (nSPS) is 12.1. The zero-order valence-corrected chi connectivity index (χ0v) is 11.9. The van der Waals surface area contributed by atoms with Crippen molar-refractivity contribution in [2.24, 2.45) is 11.8 Å². The molecule has 0 radical (unpaired) electrons. The Hall–Kier alpha value is -1.05. The molecule has 0 rings (SSSR count). The van der Waals surface area contributed by atoms with Gasteiger partial charge >= 0.3 is 5.97 Å². The lowest BCUT2D eigenvalue weighted by atomic mass is 9.98. The molecule has 2 nitrogen and oxygen atoms in total. The molecule has 0 saturated carbocycles. The molecule has 0 aromatic carbocycles. The molecule has 0 fully saturated rings. The van der Waals surface area contributed by atoms with Gasteiger partial charge in [0.05, 0.1) is 0 Å². The third kappa shape index (κ3) is 6.30. The molecular weight excluding hydrogens is 212 g/mol. The molecule has 98 valence electrons. The van der Waals surface area contributed by atoms with Crippen LogP contribution >= 0.6 is 0 Å². The SMILES string of the molecule is C=C(C)C(=O)O/C(=C\CC(CC)CC)C(C)C. The van der Waals surface area contributed by atoms with Gasteiger partial charge in [-0.1, -0.05) is 47.1 Å². The summed E-state index contributed by atoms with van der Waals surface area (Å²) in [5.74, 6) is 1.35. The van der Waals surface area contributed by atoms with Crippen LogP contribution in [0.25, 0.3) is 0 Å². The fourth-order valence-electron chi connectivity index (χ4n) is 1.49. The Balaban J connectivity index is 4.57. The molecule has 0 spiro atoms. The van der Waals surface area contributed by atoms with E-state index in [1.807, 2.05) is 13.8 Å². The Labute approximate surface area is 106 Å². The van der Waals surface area contributed by atoms with Crippen molar-refractivity contribution in [1.29, 1.82) is 0 Å². The number of ether oxygens (including phenoxy) is 1. The van der Waals surface area contributed by atoms with Crippen molar-refractivity contribution < 1.29 is 9.53 Å². The van der Waals surface area contributed by atoms with Crippen LogP contribution in [0.4, 0.5) is 0 Å². The van der Waals surface area contributed by atoms with Crippen molar-refractivity contribution in [2.75, 3.05) is 0 Å². The highest BCUT2D eigenvalue weighted by molar-refractivity contribution is 5.87. The third-order valence-corrected chi connectivity index (χ3v) is 2.94.